The Morgan fingerprint density at radius 3 is 2.09 bits per heavy atom. The number of nitrogens with zero attached hydrogens (tertiary/aromatic N) is 1. The van der Waals surface area contributed by atoms with E-state index in [1.807, 2.05) is 32.0 Å². The number of aryl methyl sites for hydroxylation is 2. The molecular formula is C17H20N2O3S. The molecule has 0 spiro atoms. The highest BCUT2D eigenvalue weighted by atomic mass is 32.2. The van der Waals surface area contributed by atoms with Gasteiger partial charge in [-0.2, -0.15) is 0 Å². The zero-order valence-corrected chi connectivity index (χ0v) is 14.2. The lowest BCUT2D eigenvalue weighted by Crippen LogP contribution is -2.37. The van der Waals surface area contributed by atoms with Gasteiger partial charge in [-0.05, 0) is 37.1 Å². The molecule has 0 atom stereocenters. The van der Waals surface area contributed by atoms with Gasteiger partial charge in [0.15, 0.2) is 0 Å². The highest BCUT2D eigenvalue weighted by Crippen LogP contribution is 2.20. The topological polar surface area (TPSA) is 66.5 Å². The molecule has 2 aromatic rings. The summed E-state index contributed by atoms with van der Waals surface area (Å²) in [5.74, 6) is -0.378. The summed E-state index contributed by atoms with van der Waals surface area (Å²) in [5.41, 5.74) is 3.05. The monoisotopic (exact) mass is 332 g/mol. The Kier molecular flexibility index (Phi) is 5.05. The molecular weight excluding hydrogens is 312 g/mol. The summed E-state index contributed by atoms with van der Waals surface area (Å²) in [6.45, 7) is 3.53. The van der Waals surface area contributed by atoms with Crippen molar-refractivity contribution in [2.75, 3.05) is 22.4 Å². The van der Waals surface area contributed by atoms with Crippen molar-refractivity contribution >= 4 is 27.3 Å². The lowest BCUT2D eigenvalue weighted by atomic mass is 10.1. The van der Waals surface area contributed by atoms with E-state index in [1.165, 1.54) is 0 Å². The number of nitrogens with one attached hydrogen (secondary N) is 1. The molecule has 0 saturated carbocycles. The van der Waals surface area contributed by atoms with Crippen molar-refractivity contribution in [1.29, 1.82) is 0 Å². The summed E-state index contributed by atoms with van der Waals surface area (Å²) in [5, 5.41) is 2.81. The lowest BCUT2D eigenvalue weighted by molar-refractivity contribution is -0.114. The maximum Gasteiger partial charge on any atom is 0.245 e. The number of amides is 1. The van der Waals surface area contributed by atoms with Crippen LogP contribution in [0.1, 0.15) is 11.1 Å². The van der Waals surface area contributed by atoms with Crippen LogP contribution in [0.2, 0.25) is 0 Å². The first-order valence-electron chi connectivity index (χ1n) is 7.18. The standard InChI is InChI=1S/C17H20N2O3S/c1-13-8-7-9-14(2)17(13)18-16(20)12-19(23(3,21)22)15-10-5-4-6-11-15/h4-11H,12H2,1-3H3,(H,18,20). The van der Waals surface area contributed by atoms with E-state index >= 15 is 0 Å². The van der Waals surface area contributed by atoms with Crippen molar-refractivity contribution in [2.45, 2.75) is 13.8 Å². The van der Waals surface area contributed by atoms with Crippen LogP contribution in [0.25, 0.3) is 0 Å². The average molecular weight is 332 g/mol. The number of para-hydroxylation sites is 2. The summed E-state index contributed by atoms with van der Waals surface area (Å²) in [4.78, 5) is 12.3. The minimum Gasteiger partial charge on any atom is -0.324 e. The molecule has 0 aliphatic heterocycles. The molecule has 2 aromatic carbocycles. The van der Waals surface area contributed by atoms with Gasteiger partial charge in [0.05, 0.1) is 11.9 Å². The second-order valence-corrected chi connectivity index (χ2v) is 7.33. The largest absolute Gasteiger partial charge is 0.324 e. The molecule has 0 radical (unpaired) electrons. The quantitative estimate of drug-likeness (QED) is 0.915. The Morgan fingerprint density at radius 2 is 1.57 bits per heavy atom. The summed E-state index contributed by atoms with van der Waals surface area (Å²) in [7, 11) is -3.55. The van der Waals surface area contributed by atoms with E-state index in [-0.39, 0.29) is 12.5 Å². The van der Waals surface area contributed by atoms with Crippen molar-refractivity contribution in [1.82, 2.24) is 0 Å². The normalized spacial score (nSPS) is 11.1. The third-order valence-corrected chi connectivity index (χ3v) is 4.62. The highest BCUT2D eigenvalue weighted by Gasteiger charge is 2.21. The molecule has 1 N–H and O–H groups in total. The minimum atomic E-state index is -3.55. The maximum atomic E-state index is 12.3. The van der Waals surface area contributed by atoms with Crippen LogP contribution in [0.15, 0.2) is 48.5 Å². The Bertz CT molecular complexity index is 782. The van der Waals surface area contributed by atoms with Crippen LogP contribution in [0.4, 0.5) is 11.4 Å². The van der Waals surface area contributed by atoms with Gasteiger partial charge in [-0.15, -0.1) is 0 Å². The second-order valence-electron chi connectivity index (χ2n) is 5.42. The number of carbonyl (C=O) groups excluding carboxylic acids is 1. The fraction of sp³-hybridized carbons (Fsp3) is 0.235. The molecule has 5 nitrogen and oxygen atoms in total. The maximum absolute atomic E-state index is 12.3. The number of hydrogen-bond acceptors (Lipinski definition) is 3. The van der Waals surface area contributed by atoms with Gasteiger partial charge in [-0.1, -0.05) is 36.4 Å². The minimum absolute atomic E-state index is 0.267. The van der Waals surface area contributed by atoms with Crippen molar-refractivity contribution < 1.29 is 13.2 Å². The van der Waals surface area contributed by atoms with Crippen LogP contribution in [0.5, 0.6) is 0 Å². The Hall–Kier alpha value is -2.34. The van der Waals surface area contributed by atoms with Crippen LogP contribution in [0, 0.1) is 13.8 Å². The van der Waals surface area contributed by atoms with Crippen molar-refractivity contribution in [3.63, 3.8) is 0 Å². The van der Waals surface area contributed by atoms with E-state index in [0.717, 1.165) is 27.4 Å². The fourth-order valence-electron chi connectivity index (χ4n) is 2.32. The summed E-state index contributed by atoms with van der Waals surface area (Å²) >= 11 is 0. The molecule has 0 aromatic heterocycles. The van der Waals surface area contributed by atoms with E-state index in [4.69, 9.17) is 0 Å². The predicted octanol–water partition coefficient (Wildman–Crippen LogP) is 2.71. The first kappa shape index (κ1) is 17.0. The molecule has 6 heteroatoms. The predicted molar refractivity (Wildman–Crippen MR) is 93.2 cm³/mol. The zero-order chi connectivity index (χ0) is 17.0. The SMILES string of the molecule is Cc1cccc(C)c1NC(=O)CN(c1ccccc1)S(C)(=O)=O. The van der Waals surface area contributed by atoms with Crippen molar-refractivity contribution in [3.05, 3.63) is 59.7 Å². The molecule has 0 bridgehead atoms. The summed E-state index contributed by atoms with van der Waals surface area (Å²) in [6.07, 6.45) is 1.09. The second kappa shape index (κ2) is 6.83. The average Bonchev–Trinajstić information content (AvgIpc) is 2.48. The van der Waals surface area contributed by atoms with E-state index in [9.17, 15) is 13.2 Å². The van der Waals surface area contributed by atoms with Crippen LogP contribution < -0.4 is 9.62 Å². The van der Waals surface area contributed by atoms with Crippen molar-refractivity contribution in [2.24, 2.45) is 0 Å². The molecule has 0 heterocycles. The molecule has 1 amide bonds. The van der Waals surface area contributed by atoms with Gasteiger partial charge >= 0.3 is 0 Å². The van der Waals surface area contributed by atoms with Crippen LogP contribution in [-0.2, 0) is 14.8 Å². The summed E-state index contributed by atoms with van der Waals surface area (Å²) < 4.78 is 25.1. The Balaban J connectivity index is 2.22. The van der Waals surface area contributed by atoms with Crippen molar-refractivity contribution in [3.8, 4) is 0 Å². The number of rotatable bonds is 5. The first-order chi connectivity index (χ1) is 10.8. The van der Waals surface area contributed by atoms with Crippen LogP contribution in [0.3, 0.4) is 0 Å². The number of sulfonamides is 1. The molecule has 0 aliphatic carbocycles. The molecule has 0 saturated heterocycles. The smallest absolute Gasteiger partial charge is 0.245 e. The molecule has 0 unspecified atom stereocenters. The Labute approximate surface area is 137 Å². The third kappa shape index (κ3) is 4.32. The number of benzene rings is 2. The molecule has 0 aliphatic rings. The van der Waals surface area contributed by atoms with Gasteiger partial charge < -0.3 is 5.32 Å². The third-order valence-electron chi connectivity index (χ3n) is 3.48. The highest BCUT2D eigenvalue weighted by molar-refractivity contribution is 7.92. The van der Waals surface area contributed by atoms with Crippen LogP contribution in [-0.4, -0.2) is 27.1 Å². The zero-order valence-electron chi connectivity index (χ0n) is 13.4. The Morgan fingerprint density at radius 1 is 1.00 bits per heavy atom. The number of carbonyl (C=O) groups is 1. The van der Waals surface area contributed by atoms with Crippen LogP contribution >= 0.6 is 0 Å². The molecule has 122 valence electrons. The van der Waals surface area contributed by atoms with E-state index in [0.29, 0.717) is 5.69 Å². The van der Waals surface area contributed by atoms with Gasteiger partial charge in [0.1, 0.15) is 6.54 Å². The van der Waals surface area contributed by atoms with E-state index in [1.54, 1.807) is 30.3 Å². The molecule has 23 heavy (non-hydrogen) atoms. The number of anilines is 2. The molecule has 2 rings (SSSR count). The molecule has 0 fully saturated rings. The van der Waals surface area contributed by atoms with Gasteiger partial charge in [0.25, 0.3) is 0 Å². The number of hydrogen-bond donors (Lipinski definition) is 1. The van der Waals surface area contributed by atoms with Gasteiger partial charge in [0, 0.05) is 5.69 Å². The van der Waals surface area contributed by atoms with Gasteiger partial charge in [-0.25, -0.2) is 8.42 Å². The van der Waals surface area contributed by atoms with E-state index in [2.05, 4.69) is 5.32 Å². The van der Waals surface area contributed by atoms with Gasteiger partial charge in [-0.3, -0.25) is 9.10 Å². The fourth-order valence-corrected chi connectivity index (χ4v) is 3.17. The lowest BCUT2D eigenvalue weighted by Gasteiger charge is -2.22. The summed E-state index contributed by atoms with van der Waals surface area (Å²) in [6, 6.07) is 14.3. The first-order valence-corrected chi connectivity index (χ1v) is 9.02. The van der Waals surface area contributed by atoms with E-state index < -0.39 is 10.0 Å². The van der Waals surface area contributed by atoms with Gasteiger partial charge in [0.2, 0.25) is 15.9 Å².